The number of hydrogen-bond donors (Lipinski definition) is 3. The molecule has 0 aromatic heterocycles. The van der Waals surface area contributed by atoms with Gasteiger partial charge in [-0.1, -0.05) is 17.7 Å². The standard InChI is InChI=1S/C18H19ClF3N3O3.HI/c1-27-16-6-5-12(8-15(16)19)25-17(23)24-9-13(26)10-28-14-4-2-3-11(7-14)18(20,21)22;/h2-8,13,26H,9-10H2,1H3,(H3,23,24,25);1H. The van der Waals surface area contributed by atoms with Crippen molar-refractivity contribution in [3.63, 3.8) is 0 Å². The zero-order valence-electron chi connectivity index (χ0n) is 15.2. The molecule has 2 rings (SSSR count). The van der Waals surface area contributed by atoms with E-state index in [2.05, 4.69) is 10.3 Å². The molecule has 4 N–H and O–H groups in total. The Labute approximate surface area is 187 Å². The molecule has 0 saturated carbocycles. The average Bonchev–Trinajstić information content (AvgIpc) is 2.64. The SMILES string of the molecule is COc1ccc(NC(N)=NCC(O)COc2cccc(C(F)(F)F)c2)cc1Cl.I. The summed E-state index contributed by atoms with van der Waals surface area (Å²) in [7, 11) is 1.49. The van der Waals surface area contributed by atoms with Gasteiger partial charge in [-0.2, -0.15) is 13.2 Å². The molecule has 11 heteroatoms. The van der Waals surface area contributed by atoms with Crippen molar-refractivity contribution in [3.8, 4) is 11.5 Å². The van der Waals surface area contributed by atoms with E-state index >= 15 is 0 Å². The molecule has 1 unspecified atom stereocenters. The minimum Gasteiger partial charge on any atom is -0.495 e. The first-order chi connectivity index (χ1) is 13.2. The van der Waals surface area contributed by atoms with E-state index < -0.39 is 17.8 Å². The maximum absolute atomic E-state index is 12.7. The topological polar surface area (TPSA) is 89.1 Å². The molecule has 0 amide bonds. The molecule has 0 fully saturated rings. The number of nitrogens with one attached hydrogen (secondary N) is 1. The van der Waals surface area contributed by atoms with E-state index in [0.717, 1.165) is 12.1 Å². The Bertz CT molecular complexity index is 837. The van der Waals surface area contributed by atoms with E-state index in [1.807, 2.05) is 0 Å². The summed E-state index contributed by atoms with van der Waals surface area (Å²) in [5, 5.41) is 13.1. The molecule has 0 spiro atoms. The number of anilines is 1. The van der Waals surface area contributed by atoms with E-state index in [1.54, 1.807) is 18.2 Å². The molecular weight excluding hydrogens is 526 g/mol. The Hall–Kier alpha value is -1.92. The number of nitrogens with two attached hydrogens (primary N) is 1. The molecule has 0 aliphatic carbocycles. The smallest absolute Gasteiger partial charge is 0.416 e. The van der Waals surface area contributed by atoms with Gasteiger partial charge in [-0.25, -0.2) is 0 Å². The molecule has 6 nitrogen and oxygen atoms in total. The number of rotatable bonds is 7. The van der Waals surface area contributed by atoms with Gasteiger partial charge in [0.1, 0.15) is 24.2 Å². The zero-order chi connectivity index (χ0) is 20.7. The number of benzene rings is 2. The van der Waals surface area contributed by atoms with Gasteiger partial charge in [-0.3, -0.25) is 4.99 Å². The summed E-state index contributed by atoms with van der Waals surface area (Å²) >= 11 is 6.01. The number of aliphatic hydroxyl groups excluding tert-OH is 1. The van der Waals surface area contributed by atoms with Crippen LogP contribution in [0, 0.1) is 0 Å². The summed E-state index contributed by atoms with van der Waals surface area (Å²) in [5.41, 5.74) is 5.48. The van der Waals surface area contributed by atoms with Crippen molar-refractivity contribution >= 4 is 47.2 Å². The molecule has 0 aliphatic heterocycles. The second-order valence-corrected chi connectivity index (χ2v) is 6.10. The Morgan fingerprint density at radius 2 is 2.00 bits per heavy atom. The van der Waals surface area contributed by atoms with Gasteiger partial charge < -0.3 is 25.6 Å². The first-order valence-corrected chi connectivity index (χ1v) is 8.45. The van der Waals surface area contributed by atoms with Crippen LogP contribution in [0.25, 0.3) is 0 Å². The van der Waals surface area contributed by atoms with Crippen molar-refractivity contribution in [2.24, 2.45) is 10.7 Å². The number of guanidine groups is 1. The van der Waals surface area contributed by atoms with Crippen molar-refractivity contribution in [2.75, 3.05) is 25.6 Å². The largest absolute Gasteiger partial charge is 0.495 e. The Kier molecular flexibility index (Phi) is 9.80. The normalized spacial score (nSPS) is 12.7. The third-order valence-corrected chi connectivity index (χ3v) is 3.80. The van der Waals surface area contributed by atoms with Gasteiger partial charge in [-0.05, 0) is 36.4 Å². The highest BCUT2D eigenvalue weighted by atomic mass is 127. The van der Waals surface area contributed by atoms with E-state index in [0.29, 0.717) is 16.5 Å². The number of alkyl halides is 3. The van der Waals surface area contributed by atoms with E-state index in [-0.39, 0.29) is 48.8 Å². The quantitative estimate of drug-likeness (QED) is 0.276. The molecule has 29 heavy (non-hydrogen) atoms. The fourth-order valence-electron chi connectivity index (χ4n) is 2.14. The Balaban J connectivity index is 0.00000420. The predicted octanol–water partition coefficient (Wildman–Crippen LogP) is 4.15. The lowest BCUT2D eigenvalue weighted by molar-refractivity contribution is -0.137. The molecule has 0 bridgehead atoms. The number of halogens is 5. The fraction of sp³-hybridized carbons (Fsp3) is 0.278. The van der Waals surface area contributed by atoms with Crippen LogP contribution in [0.3, 0.4) is 0 Å². The second-order valence-electron chi connectivity index (χ2n) is 5.69. The van der Waals surface area contributed by atoms with Crippen molar-refractivity contribution in [1.29, 1.82) is 0 Å². The lowest BCUT2D eigenvalue weighted by Gasteiger charge is -2.13. The van der Waals surface area contributed by atoms with Gasteiger partial charge in [-0.15, -0.1) is 24.0 Å². The number of aliphatic imine (C=N–C) groups is 1. The number of aliphatic hydroxyl groups is 1. The first-order valence-electron chi connectivity index (χ1n) is 8.07. The maximum atomic E-state index is 12.7. The Morgan fingerprint density at radius 1 is 1.28 bits per heavy atom. The minimum atomic E-state index is -4.47. The van der Waals surface area contributed by atoms with Gasteiger partial charge in [0.15, 0.2) is 5.96 Å². The molecule has 2 aromatic rings. The number of methoxy groups -OCH3 is 1. The van der Waals surface area contributed by atoms with E-state index in [9.17, 15) is 18.3 Å². The lowest BCUT2D eigenvalue weighted by Crippen LogP contribution is -2.27. The third kappa shape index (κ3) is 8.15. The summed E-state index contributed by atoms with van der Waals surface area (Å²) in [4.78, 5) is 3.96. The van der Waals surface area contributed by atoms with Gasteiger partial charge >= 0.3 is 6.18 Å². The van der Waals surface area contributed by atoms with Crippen molar-refractivity contribution in [3.05, 3.63) is 53.1 Å². The molecular formula is C18H20ClF3IN3O3. The highest BCUT2D eigenvalue weighted by Gasteiger charge is 2.30. The summed E-state index contributed by atoms with van der Waals surface area (Å²) in [6, 6.07) is 9.32. The molecule has 0 heterocycles. The van der Waals surface area contributed by atoms with Crippen molar-refractivity contribution in [2.45, 2.75) is 12.3 Å². The average molecular weight is 546 g/mol. The third-order valence-electron chi connectivity index (χ3n) is 3.50. The molecule has 1 atom stereocenters. The van der Waals surface area contributed by atoms with Crippen LogP contribution in [0.1, 0.15) is 5.56 Å². The van der Waals surface area contributed by atoms with Gasteiger partial charge in [0, 0.05) is 5.69 Å². The van der Waals surface area contributed by atoms with Gasteiger partial charge in [0.05, 0.1) is 24.2 Å². The van der Waals surface area contributed by atoms with Crippen LogP contribution in [-0.2, 0) is 6.18 Å². The first kappa shape index (κ1) is 25.1. The van der Waals surface area contributed by atoms with Gasteiger partial charge in [0.25, 0.3) is 0 Å². The highest BCUT2D eigenvalue weighted by molar-refractivity contribution is 14.0. The van der Waals surface area contributed by atoms with Crippen LogP contribution in [0.15, 0.2) is 47.5 Å². The minimum absolute atomic E-state index is 0. The summed E-state index contributed by atoms with van der Waals surface area (Å²) < 4.78 is 48.2. The van der Waals surface area contributed by atoms with E-state index in [4.69, 9.17) is 26.8 Å². The monoisotopic (exact) mass is 545 g/mol. The van der Waals surface area contributed by atoms with Crippen LogP contribution < -0.4 is 20.5 Å². The van der Waals surface area contributed by atoms with Crippen LogP contribution >= 0.6 is 35.6 Å². The predicted molar refractivity (Wildman–Crippen MR) is 116 cm³/mol. The maximum Gasteiger partial charge on any atom is 0.416 e. The molecule has 0 radical (unpaired) electrons. The zero-order valence-corrected chi connectivity index (χ0v) is 18.3. The molecule has 0 aliphatic rings. The van der Waals surface area contributed by atoms with Crippen LogP contribution in [0.2, 0.25) is 5.02 Å². The summed E-state index contributed by atoms with van der Waals surface area (Å²) in [6.07, 6.45) is -5.53. The molecule has 2 aromatic carbocycles. The van der Waals surface area contributed by atoms with Gasteiger partial charge in [0.2, 0.25) is 0 Å². The van der Waals surface area contributed by atoms with Crippen LogP contribution in [0.5, 0.6) is 11.5 Å². The molecule has 0 saturated heterocycles. The van der Waals surface area contributed by atoms with Crippen LogP contribution in [0.4, 0.5) is 18.9 Å². The number of nitrogens with zero attached hydrogens (tertiary/aromatic N) is 1. The Morgan fingerprint density at radius 3 is 2.62 bits per heavy atom. The van der Waals surface area contributed by atoms with E-state index in [1.165, 1.54) is 19.2 Å². The van der Waals surface area contributed by atoms with Crippen molar-refractivity contribution in [1.82, 2.24) is 0 Å². The second kappa shape index (κ2) is 11.3. The number of ether oxygens (including phenoxy) is 2. The molecule has 160 valence electrons. The lowest BCUT2D eigenvalue weighted by atomic mass is 10.2. The fourth-order valence-corrected chi connectivity index (χ4v) is 2.40. The summed E-state index contributed by atoms with van der Waals surface area (Å²) in [5.74, 6) is 0.529. The highest BCUT2D eigenvalue weighted by Crippen LogP contribution is 2.31. The number of hydrogen-bond acceptors (Lipinski definition) is 4. The van der Waals surface area contributed by atoms with Crippen LogP contribution in [-0.4, -0.2) is 37.4 Å². The van der Waals surface area contributed by atoms with Crippen molar-refractivity contribution < 1.29 is 27.8 Å². The summed E-state index contributed by atoms with van der Waals surface area (Å²) in [6.45, 7) is -0.353.